The molecule has 0 aromatic heterocycles. The van der Waals surface area contributed by atoms with E-state index in [0.29, 0.717) is 5.56 Å². The van der Waals surface area contributed by atoms with Crippen LogP contribution in [0, 0.1) is 20.8 Å². The van der Waals surface area contributed by atoms with Crippen molar-refractivity contribution in [1.82, 2.24) is 0 Å². The number of aryl methyl sites for hydroxylation is 2. The number of benzene rings is 2. The smallest absolute Gasteiger partial charge is 0.282 e. The first-order valence-corrected chi connectivity index (χ1v) is 8.96. The van der Waals surface area contributed by atoms with E-state index in [0.717, 1.165) is 28.3 Å². The highest BCUT2D eigenvalue weighted by Crippen LogP contribution is 2.36. The van der Waals surface area contributed by atoms with Crippen LogP contribution in [0.2, 0.25) is 0 Å². The predicted molar refractivity (Wildman–Crippen MR) is 91.3 cm³/mol. The molecule has 0 unspecified atom stereocenters. The molecule has 0 bridgehead atoms. The van der Waals surface area contributed by atoms with Crippen molar-refractivity contribution < 1.29 is 13.0 Å². The van der Waals surface area contributed by atoms with E-state index in [4.69, 9.17) is 0 Å². The van der Waals surface area contributed by atoms with Crippen molar-refractivity contribution in [2.24, 2.45) is 0 Å². The van der Waals surface area contributed by atoms with E-state index >= 15 is 0 Å². The Morgan fingerprint density at radius 2 is 1.59 bits per heavy atom. The molecular formula is C18H24O3S. The summed E-state index contributed by atoms with van der Waals surface area (Å²) in [6.45, 7) is 12.2. The van der Waals surface area contributed by atoms with E-state index in [1.807, 2.05) is 13.8 Å². The Balaban J connectivity index is 2.94. The molecule has 22 heavy (non-hydrogen) atoms. The number of fused-ring (bicyclic) bond motifs is 1. The standard InChI is InChI=1S/C18H24O3S/c1-7-18(5,6)16-9-8-14-11(2)12(3)17(22(19,20)21)10-15(14)13(16)4/h8-10H,7H2,1-6H3,(H,19,20,21). The lowest BCUT2D eigenvalue weighted by atomic mass is 9.78. The van der Waals surface area contributed by atoms with Crippen LogP contribution in [-0.4, -0.2) is 13.0 Å². The Labute approximate surface area is 133 Å². The van der Waals surface area contributed by atoms with Crippen LogP contribution in [0.15, 0.2) is 23.1 Å². The zero-order valence-electron chi connectivity index (χ0n) is 14.1. The van der Waals surface area contributed by atoms with Crippen molar-refractivity contribution in [3.05, 3.63) is 40.5 Å². The Morgan fingerprint density at radius 3 is 2.09 bits per heavy atom. The van der Waals surface area contributed by atoms with Crippen molar-refractivity contribution in [3.63, 3.8) is 0 Å². The first kappa shape index (κ1) is 17.0. The number of hydrogen-bond acceptors (Lipinski definition) is 2. The third-order valence-electron chi connectivity index (χ3n) is 5.02. The van der Waals surface area contributed by atoms with Gasteiger partial charge in [-0.25, -0.2) is 0 Å². The molecule has 0 heterocycles. The highest BCUT2D eigenvalue weighted by atomic mass is 32.2. The van der Waals surface area contributed by atoms with E-state index in [9.17, 15) is 13.0 Å². The predicted octanol–water partition coefficient (Wildman–Crippen LogP) is 4.70. The lowest BCUT2D eigenvalue weighted by Gasteiger charge is -2.27. The molecule has 0 atom stereocenters. The van der Waals surface area contributed by atoms with Crippen LogP contribution in [0.4, 0.5) is 0 Å². The molecule has 2 aromatic carbocycles. The van der Waals surface area contributed by atoms with E-state index in [2.05, 4.69) is 32.9 Å². The van der Waals surface area contributed by atoms with Crippen molar-refractivity contribution in [3.8, 4) is 0 Å². The summed E-state index contributed by atoms with van der Waals surface area (Å²) in [7, 11) is -4.22. The lowest BCUT2D eigenvalue weighted by Crippen LogP contribution is -2.17. The molecule has 0 fully saturated rings. The number of rotatable bonds is 3. The molecule has 0 aliphatic rings. The van der Waals surface area contributed by atoms with E-state index in [1.54, 1.807) is 13.0 Å². The van der Waals surface area contributed by atoms with E-state index in [1.165, 1.54) is 5.56 Å². The molecule has 3 nitrogen and oxygen atoms in total. The van der Waals surface area contributed by atoms with Gasteiger partial charge in [0.2, 0.25) is 0 Å². The summed E-state index contributed by atoms with van der Waals surface area (Å²) in [5.41, 5.74) is 3.82. The molecule has 2 aromatic rings. The fraction of sp³-hybridized carbons (Fsp3) is 0.444. The highest BCUT2D eigenvalue weighted by Gasteiger charge is 2.23. The molecule has 2 rings (SSSR count). The molecule has 1 N–H and O–H groups in total. The van der Waals surface area contributed by atoms with Gasteiger partial charge in [0, 0.05) is 0 Å². The van der Waals surface area contributed by atoms with Gasteiger partial charge >= 0.3 is 0 Å². The van der Waals surface area contributed by atoms with Gasteiger partial charge in [-0.05, 0) is 71.7 Å². The van der Waals surface area contributed by atoms with Crippen molar-refractivity contribution in [2.45, 2.75) is 58.3 Å². The third kappa shape index (κ3) is 2.66. The summed E-state index contributed by atoms with van der Waals surface area (Å²) in [4.78, 5) is 0.00653. The molecule has 0 aliphatic carbocycles. The monoisotopic (exact) mass is 320 g/mol. The molecule has 0 saturated heterocycles. The van der Waals surface area contributed by atoms with Gasteiger partial charge in [0.1, 0.15) is 0 Å². The van der Waals surface area contributed by atoms with Gasteiger partial charge in [-0.2, -0.15) is 8.42 Å². The lowest BCUT2D eigenvalue weighted by molar-refractivity contribution is 0.482. The van der Waals surface area contributed by atoms with Gasteiger partial charge < -0.3 is 0 Å². The van der Waals surface area contributed by atoms with Crippen LogP contribution in [-0.2, 0) is 15.5 Å². The second-order valence-electron chi connectivity index (χ2n) is 6.67. The Kier molecular flexibility index (Phi) is 4.13. The van der Waals surface area contributed by atoms with Gasteiger partial charge in [0.25, 0.3) is 10.1 Å². The first-order chi connectivity index (χ1) is 10.0. The van der Waals surface area contributed by atoms with Crippen LogP contribution in [0.25, 0.3) is 10.8 Å². The normalized spacial score (nSPS) is 12.9. The summed E-state index contributed by atoms with van der Waals surface area (Å²) in [5, 5.41) is 1.94. The Hall–Kier alpha value is -1.39. The van der Waals surface area contributed by atoms with Gasteiger partial charge in [-0.15, -0.1) is 0 Å². The van der Waals surface area contributed by atoms with Gasteiger partial charge in [0.05, 0.1) is 4.90 Å². The maximum atomic E-state index is 11.7. The maximum Gasteiger partial charge on any atom is 0.294 e. The summed E-state index contributed by atoms with van der Waals surface area (Å²) in [5.74, 6) is 0. The third-order valence-corrected chi connectivity index (χ3v) is 6.00. The van der Waals surface area contributed by atoms with Crippen molar-refractivity contribution in [1.29, 1.82) is 0 Å². The van der Waals surface area contributed by atoms with Crippen LogP contribution >= 0.6 is 0 Å². The van der Waals surface area contributed by atoms with Gasteiger partial charge in [-0.1, -0.05) is 32.9 Å². The highest BCUT2D eigenvalue weighted by molar-refractivity contribution is 7.85. The summed E-state index contributed by atoms with van der Waals surface area (Å²) in [6, 6.07) is 5.81. The average Bonchev–Trinajstić information content (AvgIpc) is 2.41. The summed E-state index contributed by atoms with van der Waals surface area (Å²) < 4.78 is 32.8. The fourth-order valence-electron chi connectivity index (χ4n) is 3.06. The molecule has 0 aliphatic heterocycles. The largest absolute Gasteiger partial charge is 0.294 e. The fourth-order valence-corrected chi connectivity index (χ4v) is 3.87. The molecule has 0 amide bonds. The molecule has 0 saturated carbocycles. The van der Waals surface area contributed by atoms with E-state index < -0.39 is 10.1 Å². The first-order valence-electron chi connectivity index (χ1n) is 7.52. The average molecular weight is 320 g/mol. The van der Waals surface area contributed by atoms with Crippen molar-refractivity contribution in [2.75, 3.05) is 0 Å². The van der Waals surface area contributed by atoms with Crippen LogP contribution in [0.3, 0.4) is 0 Å². The van der Waals surface area contributed by atoms with Crippen LogP contribution < -0.4 is 0 Å². The minimum Gasteiger partial charge on any atom is -0.282 e. The van der Waals surface area contributed by atoms with Gasteiger partial charge in [-0.3, -0.25) is 4.55 Å². The molecule has 4 heteroatoms. The zero-order valence-corrected chi connectivity index (χ0v) is 14.9. The second kappa shape index (κ2) is 5.36. The SMILES string of the molecule is CCC(C)(C)c1ccc2c(C)c(C)c(S(=O)(=O)O)cc2c1C. The zero-order chi connectivity index (χ0) is 16.9. The summed E-state index contributed by atoms with van der Waals surface area (Å²) in [6.07, 6.45) is 0.995. The minimum absolute atomic E-state index is 0.00653. The van der Waals surface area contributed by atoms with Crippen molar-refractivity contribution >= 4 is 20.9 Å². The van der Waals surface area contributed by atoms with Crippen LogP contribution in [0.5, 0.6) is 0 Å². The molecular weight excluding hydrogens is 296 g/mol. The number of hydrogen-bond donors (Lipinski definition) is 1. The van der Waals surface area contributed by atoms with Crippen LogP contribution in [0.1, 0.15) is 49.4 Å². The Bertz CT molecular complexity index is 846. The minimum atomic E-state index is -4.22. The summed E-state index contributed by atoms with van der Waals surface area (Å²) >= 11 is 0. The Morgan fingerprint density at radius 1 is 1.00 bits per heavy atom. The van der Waals surface area contributed by atoms with E-state index in [-0.39, 0.29) is 10.3 Å². The quantitative estimate of drug-likeness (QED) is 0.834. The topological polar surface area (TPSA) is 54.4 Å². The molecule has 0 radical (unpaired) electrons. The molecule has 120 valence electrons. The maximum absolute atomic E-state index is 11.7. The second-order valence-corrected chi connectivity index (χ2v) is 8.06. The van der Waals surface area contributed by atoms with Gasteiger partial charge in [0.15, 0.2) is 0 Å². The molecule has 0 spiro atoms.